The zero-order chi connectivity index (χ0) is 13.0. The van der Waals surface area contributed by atoms with Crippen LogP contribution in [0.2, 0.25) is 0 Å². The van der Waals surface area contributed by atoms with E-state index < -0.39 is 0 Å². The van der Waals surface area contributed by atoms with Crippen molar-refractivity contribution in [3.8, 4) is 5.75 Å². The molecule has 0 fully saturated rings. The van der Waals surface area contributed by atoms with Crippen molar-refractivity contribution in [2.24, 2.45) is 5.92 Å². The zero-order valence-electron chi connectivity index (χ0n) is 11.0. The van der Waals surface area contributed by atoms with Gasteiger partial charge in [-0.1, -0.05) is 13.8 Å². The lowest BCUT2D eigenvalue weighted by Crippen LogP contribution is -2.13. The highest BCUT2D eigenvalue weighted by Gasteiger charge is 2.08. The molecule has 0 saturated carbocycles. The van der Waals surface area contributed by atoms with Gasteiger partial charge in [-0.2, -0.15) is 0 Å². The Morgan fingerprint density at radius 3 is 2.53 bits per heavy atom. The third kappa shape index (κ3) is 4.10. The van der Waals surface area contributed by atoms with E-state index in [-0.39, 0.29) is 11.7 Å². The van der Waals surface area contributed by atoms with Crippen LogP contribution in [0.3, 0.4) is 0 Å². The first-order valence-electron chi connectivity index (χ1n) is 6.00. The third-order valence-electron chi connectivity index (χ3n) is 2.77. The predicted molar refractivity (Wildman–Crippen MR) is 70.3 cm³/mol. The van der Waals surface area contributed by atoms with Gasteiger partial charge in [-0.05, 0) is 49.4 Å². The number of hydrogen-bond acceptors (Lipinski definition) is 2. The first kappa shape index (κ1) is 13.6. The molecule has 0 aliphatic heterocycles. The predicted octanol–water partition coefficient (Wildman–Crippen LogP) is 3.38. The Bertz CT molecular complexity index is 411. The van der Waals surface area contributed by atoms with Crippen molar-refractivity contribution in [3.05, 3.63) is 23.3 Å². The van der Waals surface area contributed by atoms with Crippen LogP contribution in [0, 0.1) is 19.8 Å². The summed E-state index contributed by atoms with van der Waals surface area (Å²) in [6.45, 7) is 7.89. The quantitative estimate of drug-likeness (QED) is 0.786. The molecule has 1 aromatic carbocycles. The van der Waals surface area contributed by atoms with Crippen molar-refractivity contribution in [3.63, 3.8) is 0 Å². The SMILES string of the molecule is Cc1cc(NC(=O)CCC(C)C)c(C)cc1O. The van der Waals surface area contributed by atoms with Crippen LogP contribution in [0.25, 0.3) is 0 Å². The average Bonchev–Trinajstić information content (AvgIpc) is 2.23. The van der Waals surface area contributed by atoms with Gasteiger partial charge >= 0.3 is 0 Å². The number of rotatable bonds is 4. The number of phenols is 1. The van der Waals surface area contributed by atoms with E-state index in [1.807, 2.05) is 13.8 Å². The highest BCUT2D eigenvalue weighted by Crippen LogP contribution is 2.25. The molecule has 1 amide bonds. The normalized spacial score (nSPS) is 10.6. The van der Waals surface area contributed by atoms with Gasteiger partial charge in [0.1, 0.15) is 5.75 Å². The number of amides is 1. The number of phenolic OH excluding ortho intramolecular Hbond substituents is 1. The molecule has 0 saturated heterocycles. The number of carbonyl (C=O) groups excluding carboxylic acids is 1. The molecular formula is C14H21NO2. The maximum absolute atomic E-state index is 11.7. The van der Waals surface area contributed by atoms with Crippen LogP contribution in [-0.2, 0) is 4.79 Å². The van der Waals surface area contributed by atoms with Crippen LogP contribution < -0.4 is 5.32 Å². The van der Waals surface area contributed by atoms with Gasteiger partial charge in [0.2, 0.25) is 5.91 Å². The fourth-order valence-electron chi connectivity index (χ4n) is 1.57. The Morgan fingerprint density at radius 1 is 1.29 bits per heavy atom. The van der Waals surface area contributed by atoms with Crippen molar-refractivity contribution in [1.82, 2.24) is 0 Å². The lowest BCUT2D eigenvalue weighted by atomic mass is 10.1. The second kappa shape index (κ2) is 5.71. The molecule has 94 valence electrons. The second-order valence-electron chi connectivity index (χ2n) is 4.93. The van der Waals surface area contributed by atoms with E-state index in [1.165, 1.54) is 0 Å². The summed E-state index contributed by atoms with van der Waals surface area (Å²) < 4.78 is 0. The summed E-state index contributed by atoms with van der Waals surface area (Å²) in [5.74, 6) is 0.831. The van der Waals surface area contributed by atoms with Crippen LogP contribution in [0.5, 0.6) is 5.75 Å². The van der Waals surface area contributed by atoms with Crippen LogP contribution >= 0.6 is 0 Å². The standard InChI is InChI=1S/C14H21NO2/c1-9(2)5-6-14(17)15-12-7-11(4)13(16)8-10(12)3/h7-9,16H,5-6H2,1-4H3,(H,15,17). The molecule has 0 aliphatic carbocycles. The molecular weight excluding hydrogens is 214 g/mol. The summed E-state index contributed by atoms with van der Waals surface area (Å²) in [5.41, 5.74) is 2.44. The summed E-state index contributed by atoms with van der Waals surface area (Å²) in [4.78, 5) is 11.7. The minimum absolute atomic E-state index is 0.0342. The van der Waals surface area contributed by atoms with Crippen LogP contribution in [0.15, 0.2) is 12.1 Å². The molecule has 0 atom stereocenters. The molecule has 2 N–H and O–H groups in total. The minimum Gasteiger partial charge on any atom is -0.508 e. The molecule has 1 aromatic rings. The molecule has 3 nitrogen and oxygen atoms in total. The van der Waals surface area contributed by atoms with Crippen molar-refractivity contribution in [2.75, 3.05) is 5.32 Å². The molecule has 0 unspecified atom stereocenters. The number of nitrogens with one attached hydrogen (secondary N) is 1. The smallest absolute Gasteiger partial charge is 0.224 e. The molecule has 0 bridgehead atoms. The van der Waals surface area contributed by atoms with E-state index in [4.69, 9.17) is 0 Å². The van der Waals surface area contributed by atoms with Crippen LogP contribution in [0.4, 0.5) is 5.69 Å². The average molecular weight is 235 g/mol. The Labute approximate surface area is 103 Å². The lowest BCUT2D eigenvalue weighted by Gasteiger charge is -2.11. The van der Waals surface area contributed by atoms with Crippen molar-refractivity contribution in [1.29, 1.82) is 0 Å². The summed E-state index contributed by atoms with van der Waals surface area (Å²) in [6, 6.07) is 3.48. The Balaban J connectivity index is 2.68. The van der Waals surface area contributed by atoms with Crippen molar-refractivity contribution >= 4 is 11.6 Å². The van der Waals surface area contributed by atoms with E-state index in [0.717, 1.165) is 23.2 Å². The molecule has 0 heterocycles. The van der Waals surface area contributed by atoms with Crippen LogP contribution in [0.1, 0.15) is 37.8 Å². The van der Waals surface area contributed by atoms with Gasteiger partial charge < -0.3 is 10.4 Å². The van der Waals surface area contributed by atoms with Gasteiger partial charge in [0.05, 0.1) is 0 Å². The summed E-state index contributed by atoms with van der Waals surface area (Å²) in [6.07, 6.45) is 1.43. The first-order valence-corrected chi connectivity index (χ1v) is 6.00. The number of hydrogen-bond donors (Lipinski definition) is 2. The van der Waals surface area contributed by atoms with Gasteiger partial charge in [-0.3, -0.25) is 4.79 Å². The highest BCUT2D eigenvalue weighted by atomic mass is 16.3. The number of aryl methyl sites for hydroxylation is 2. The van der Waals surface area contributed by atoms with Gasteiger partial charge in [0.15, 0.2) is 0 Å². The van der Waals surface area contributed by atoms with Gasteiger partial charge in [0.25, 0.3) is 0 Å². The molecule has 3 heteroatoms. The number of benzene rings is 1. The summed E-state index contributed by atoms with van der Waals surface area (Å²) in [5, 5.41) is 12.4. The Kier molecular flexibility index (Phi) is 4.55. The van der Waals surface area contributed by atoms with Gasteiger partial charge in [-0.15, -0.1) is 0 Å². The topological polar surface area (TPSA) is 49.3 Å². The largest absolute Gasteiger partial charge is 0.508 e. The minimum atomic E-state index is 0.0342. The maximum Gasteiger partial charge on any atom is 0.224 e. The molecule has 17 heavy (non-hydrogen) atoms. The Morgan fingerprint density at radius 2 is 1.94 bits per heavy atom. The molecule has 0 aromatic heterocycles. The van der Waals surface area contributed by atoms with Crippen molar-refractivity contribution < 1.29 is 9.90 Å². The summed E-state index contributed by atoms with van der Waals surface area (Å²) in [7, 11) is 0. The van der Waals surface area contributed by atoms with Gasteiger partial charge in [-0.25, -0.2) is 0 Å². The zero-order valence-corrected chi connectivity index (χ0v) is 11.0. The number of carbonyl (C=O) groups is 1. The Hall–Kier alpha value is -1.51. The van der Waals surface area contributed by atoms with E-state index in [9.17, 15) is 9.90 Å². The van der Waals surface area contributed by atoms with Gasteiger partial charge in [0, 0.05) is 12.1 Å². The second-order valence-corrected chi connectivity index (χ2v) is 4.93. The third-order valence-corrected chi connectivity index (χ3v) is 2.77. The first-order chi connectivity index (χ1) is 7.90. The van der Waals surface area contributed by atoms with E-state index in [2.05, 4.69) is 19.2 Å². The fourth-order valence-corrected chi connectivity index (χ4v) is 1.57. The highest BCUT2D eigenvalue weighted by molar-refractivity contribution is 5.91. The molecule has 0 radical (unpaired) electrons. The van der Waals surface area contributed by atoms with E-state index in [1.54, 1.807) is 12.1 Å². The fraction of sp³-hybridized carbons (Fsp3) is 0.500. The van der Waals surface area contributed by atoms with Crippen LogP contribution in [-0.4, -0.2) is 11.0 Å². The summed E-state index contributed by atoms with van der Waals surface area (Å²) >= 11 is 0. The maximum atomic E-state index is 11.7. The molecule has 1 rings (SSSR count). The van der Waals surface area contributed by atoms with E-state index in [0.29, 0.717) is 12.3 Å². The number of aromatic hydroxyl groups is 1. The van der Waals surface area contributed by atoms with E-state index >= 15 is 0 Å². The monoisotopic (exact) mass is 235 g/mol. The molecule has 0 spiro atoms. The number of anilines is 1. The van der Waals surface area contributed by atoms with Crippen molar-refractivity contribution in [2.45, 2.75) is 40.5 Å². The lowest BCUT2D eigenvalue weighted by molar-refractivity contribution is -0.116. The molecule has 0 aliphatic rings.